The molecule has 1 amide bonds. The lowest BCUT2D eigenvalue weighted by Crippen LogP contribution is -2.24. The molecule has 0 aliphatic carbocycles. The molecule has 0 saturated carbocycles. The van der Waals surface area contributed by atoms with Crippen molar-refractivity contribution in [1.29, 1.82) is 0 Å². The van der Waals surface area contributed by atoms with E-state index in [0.29, 0.717) is 11.4 Å². The fourth-order valence-electron chi connectivity index (χ4n) is 3.03. The van der Waals surface area contributed by atoms with Gasteiger partial charge in [-0.3, -0.25) is 14.6 Å². The van der Waals surface area contributed by atoms with E-state index < -0.39 is 0 Å². The summed E-state index contributed by atoms with van der Waals surface area (Å²) in [4.78, 5) is 12.1. The van der Waals surface area contributed by atoms with Crippen molar-refractivity contribution in [3.8, 4) is 11.3 Å². The Morgan fingerprint density at radius 1 is 1.22 bits per heavy atom. The van der Waals surface area contributed by atoms with Gasteiger partial charge in [0.05, 0.1) is 18.1 Å². The van der Waals surface area contributed by atoms with Gasteiger partial charge in [-0.1, -0.05) is 23.7 Å². The third kappa shape index (κ3) is 2.31. The Morgan fingerprint density at radius 2 is 2.00 bits per heavy atom. The zero-order chi connectivity index (χ0) is 16.0. The van der Waals surface area contributed by atoms with Gasteiger partial charge in [-0.2, -0.15) is 10.2 Å². The average molecular weight is 328 g/mol. The molecule has 4 rings (SSSR count). The normalized spacial score (nSPS) is 17.0. The molecular weight excluding hydrogens is 314 g/mol. The maximum absolute atomic E-state index is 12.1. The van der Waals surface area contributed by atoms with Crippen LogP contribution in [0.5, 0.6) is 0 Å². The molecule has 116 valence electrons. The molecule has 1 atom stereocenters. The number of nitrogens with zero attached hydrogens (tertiary/aromatic N) is 3. The van der Waals surface area contributed by atoms with Gasteiger partial charge >= 0.3 is 0 Å². The first-order valence-electron chi connectivity index (χ1n) is 7.24. The van der Waals surface area contributed by atoms with Crippen LogP contribution in [0, 0.1) is 0 Å². The van der Waals surface area contributed by atoms with Crippen LogP contribution in [0.3, 0.4) is 0 Å². The Bertz CT molecular complexity index is 880. The summed E-state index contributed by atoms with van der Waals surface area (Å²) in [6.45, 7) is 0. The molecule has 0 radical (unpaired) electrons. The number of carbonyl (C=O) groups is 1. The smallest absolute Gasteiger partial charge is 0.226 e. The van der Waals surface area contributed by atoms with Crippen molar-refractivity contribution >= 4 is 23.3 Å². The molecule has 6 nitrogen and oxygen atoms in total. The fraction of sp³-hybridized carbons (Fsp3) is 0.188. The SMILES string of the molecule is Cn1ncc2c1NC(=O)C[C@H]2c1cn[nH]c1-c1ccc(Cl)cc1. The van der Waals surface area contributed by atoms with E-state index in [9.17, 15) is 4.79 Å². The minimum absolute atomic E-state index is 0.0191. The average Bonchev–Trinajstić information content (AvgIpc) is 3.15. The number of halogens is 1. The molecule has 0 spiro atoms. The van der Waals surface area contributed by atoms with E-state index in [1.54, 1.807) is 17.1 Å². The zero-order valence-corrected chi connectivity index (χ0v) is 13.1. The molecule has 1 aliphatic rings. The van der Waals surface area contributed by atoms with Gasteiger partial charge in [0.25, 0.3) is 0 Å². The molecule has 0 saturated heterocycles. The highest BCUT2D eigenvalue weighted by Gasteiger charge is 2.31. The van der Waals surface area contributed by atoms with Crippen LogP contribution >= 0.6 is 11.6 Å². The third-order valence-corrected chi connectivity index (χ3v) is 4.42. The first-order valence-corrected chi connectivity index (χ1v) is 7.62. The highest BCUT2D eigenvalue weighted by atomic mass is 35.5. The lowest BCUT2D eigenvalue weighted by molar-refractivity contribution is -0.116. The van der Waals surface area contributed by atoms with Crippen molar-refractivity contribution in [2.24, 2.45) is 7.05 Å². The van der Waals surface area contributed by atoms with Gasteiger partial charge in [0, 0.05) is 35.5 Å². The van der Waals surface area contributed by atoms with Gasteiger partial charge in [0.1, 0.15) is 5.82 Å². The van der Waals surface area contributed by atoms with Crippen LogP contribution in [0.1, 0.15) is 23.5 Å². The number of carbonyl (C=O) groups excluding carboxylic acids is 1. The Balaban J connectivity index is 1.82. The molecule has 1 aliphatic heterocycles. The number of aryl methyl sites for hydroxylation is 1. The number of aromatic amines is 1. The van der Waals surface area contributed by atoms with Crippen LogP contribution in [-0.2, 0) is 11.8 Å². The number of H-pyrrole nitrogens is 1. The maximum atomic E-state index is 12.1. The number of amides is 1. The van der Waals surface area contributed by atoms with Gasteiger partial charge in [0.15, 0.2) is 0 Å². The minimum atomic E-state index is -0.0723. The monoisotopic (exact) mass is 327 g/mol. The van der Waals surface area contributed by atoms with Crippen molar-refractivity contribution < 1.29 is 4.79 Å². The summed E-state index contributed by atoms with van der Waals surface area (Å²) in [5.74, 6) is 0.653. The third-order valence-electron chi connectivity index (χ3n) is 4.17. The summed E-state index contributed by atoms with van der Waals surface area (Å²) >= 11 is 5.96. The highest BCUT2D eigenvalue weighted by molar-refractivity contribution is 6.30. The van der Waals surface area contributed by atoms with Crippen molar-refractivity contribution in [2.45, 2.75) is 12.3 Å². The van der Waals surface area contributed by atoms with Gasteiger partial charge < -0.3 is 5.32 Å². The van der Waals surface area contributed by atoms with Crippen molar-refractivity contribution in [3.05, 3.63) is 52.8 Å². The lowest BCUT2D eigenvalue weighted by Gasteiger charge is -2.23. The quantitative estimate of drug-likeness (QED) is 0.760. The molecule has 0 fully saturated rings. The predicted molar refractivity (Wildman–Crippen MR) is 87.3 cm³/mol. The summed E-state index contributed by atoms with van der Waals surface area (Å²) in [7, 11) is 1.82. The second-order valence-corrected chi connectivity index (χ2v) is 6.02. The number of nitrogens with one attached hydrogen (secondary N) is 2. The van der Waals surface area contributed by atoms with Crippen LogP contribution in [0.2, 0.25) is 5.02 Å². The van der Waals surface area contributed by atoms with E-state index in [1.165, 1.54) is 0 Å². The Labute approximate surface area is 137 Å². The highest BCUT2D eigenvalue weighted by Crippen LogP contribution is 2.40. The van der Waals surface area contributed by atoms with Crippen molar-refractivity contribution in [1.82, 2.24) is 20.0 Å². The molecule has 0 unspecified atom stereocenters. The summed E-state index contributed by atoms with van der Waals surface area (Å²) in [6.07, 6.45) is 3.96. The van der Waals surface area contributed by atoms with E-state index in [4.69, 9.17) is 11.6 Å². The molecular formula is C16H14ClN5O. The van der Waals surface area contributed by atoms with Crippen LogP contribution in [0.4, 0.5) is 5.82 Å². The number of hydrogen-bond donors (Lipinski definition) is 2. The van der Waals surface area contributed by atoms with Crippen LogP contribution in [-0.4, -0.2) is 25.9 Å². The molecule has 0 bridgehead atoms. The molecule has 2 N–H and O–H groups in total. The summed E-state index contributed by atoms with van der Waals surface area (Å²) in [5.41, 5.74) is 3.87. The number of aromatic nitrogens is 4. The molecule has 3 heterocycles. The molecule has 7 heteroatoms. The van der Waals surface area contributed by atoms with Gasteiger partial charge in [-0.15, -0.1) is 0 Å². The number of hydrogen-bond acceptors (Lipinski definition) is 3. The maximum Gasteiger partial charge on any atom is 0.226 e. The number of anilines is 1. The summed E-state index contributed by atoms with van der Waals surface area (Å²) in [5, 5.41) is 15.0. The largest absolute Gasteiger partial charge is 0.311 e. The van der Waals surface area contributed by atoms with Gasteiger partial charge in [0.2, 0.25) is 5.91 Å². The van der Waals surface area contributed by atoms with E-state index in [-0.39, 0.29) is 11.8 Å². The summed E-state index contributed by atoms with van der Waals surface area (Å²) < 4.78 is 1.68. The molecule has 3 aromatic rings. The Kier molecular flexibility index (Phi) is 3.20. The van der Waals surface area contributed by atoms with Crippen LogP contribution in [0.15, 0.2) is 36.7 Å². The Morgan fingerprint density at radius 3 is 2.78 bits per heavy atom. The van der Waals surface area contributed by atoms with E-state index >= 15 is 0 Å². The minimum Gasteiger partial charge on any atom is -0.311 e. The first-order chi connectivity index (χ1) is 11.1. The second kappa shape index (κ2) is 5.24. The number of rotatable bonds is 2. The van der Waals surface area contributed by atoms with Crippen molar-refractivity contribution in [2.75, 3.05) is 5.32 Å². The van der Waals surface area contributed by atoms with Crippen molar-refractivity contribution in [3.63, 3.8) is 0 Å². The van der Waals surface area contributed by atoms with E-state index in [2.05, 4.69) is 20.6 Å². The summed E-state index contributed by atoms with van der Waals surface area (Å²) in [6, 6.07) is 7.55. The number of benzene rings is 1. The fourth-order valence-corrected chi connectivity index (χ4v) is 3.15. The lowest BCUT2D eigenvalue weighted by atomic mass is 9.86. The molecule has 2 aromatic heterocycles. The predicted octanol–water partition coefficient (Wildman–Crippen LogP) is 2.94. The molecule has 23 heavy (non-hydrogen) atoms. The van der Waals surface area contributed by atoms with Crippen LogP contribution in [0.25, 0.3) is 11.3 Å². The van der Waals surface area contributed by atoms with Gasteiger partial charge in [-0.25, -0.2) is 0 Å². The topological polar surface area (TPSA) is 75.6 Å². The zero-order valence-electron chi connectivity index (χ0n) is 12.4. The van der Waals surface area contributed by atoms with Crippen LogP contribution < -0.4 is 5.32 Å². The second-order valence-electron chi connectivity index (χ2n) is 5.58. The Hall–Kier alpha value is -2.60. The standard InChI is InChI=1S/C16H14ClN5O/c1-22-16-13(8-19-22)11(6-14(23)20-16)12-7-18-21-15(12)9-2-4-10(17)5-3-9/h2-5,7-8,11H,6H2,1H3,(H,18,21)(H,20,23)/t11-/m0/s1. The van der Waals surface area contributed by atoms with E-state index in [0.717, 1.165) is 28.2 Å². The van der Waals surface area contributed by atoms with E-state index in [1.807, 2.05) is 31.3 Å². The molecule has 1 aromatic carbocycles. The number of fused-ring (bicyclic) bond motifs is 1. The first kappa shape index (κ1) is 14.0. The van der Waals surface area contributed by atoms with Gasteiger partial charge in [-0.05, 0) is 17.7 Å².